The van der Waals surface area contributed by atoms with Crippen molar-refractivity contribution in [2.75, 3.05) is 14.2 Å². The monoisotopic (exact) mass is 219 g/mol. The molecule has 2 rings (SSSR count). The second-order valence-corrected chi connectivity index (χ2v) is 3.47. The van der Waals surface area contributed by atoms with Crippen LogP contribution < -0.4 is 0 Å². The van der Waals surface area contributed by atoms with Crippen molar-refractivity contribution in [1.82, 2.24) is 14.6 Å². The zero-order chi connectivity index (χ0) is 11.7. The predicted molar refractivity (Wildman–Crippen MR) is 59.8 cm³/mol. The Morgan fingerprint density at radius 2 is 2.12 bits per heavy atom. The van der Waals surface area contributed by atoms with E-state index < -0.39 is 0 Å². The van der Waals surface area contributed by atoms with Crippen LogP contribution in [-0.2, 0) is 11.9 Å². The van der Waals surface area contributed by atoms with Gasteiger partial charge in [0.1, 0.15) is 0 Å². The molecule has 0 aliphatic heterocycles. The molecule has 84 valence electrons. The molecule has 0 saturated heterocycles. The molecule has 5 nitrogen and oxygen atoms in total. The topological polar surface area (TPSA) is 47.4 Å². The lowest BCUT2D eigenvalue weighted by atomic mass is 10.3. The number of imidazole rings is 1. The molecule has 0 atom stereocenters. The predicted octanol–water partition coefficient (Wildman–Crippen LogP) is 1.21. The first-order chi connectivity index (χ1) is 7.65. The molecule has 1 aromatic heterocycles. The van der Waals surface area contributed by atoms with Gasteiger partial charge in [0.25, 0.3) is 0 Å². The minimum atomic E-state index is -0.263. The minimum Gasteiger partial charge on any atom is -0.323 e. The molecule has 5 heteroatoms. The first-order valence-corrected chi connectivity index (χ1v) is 4.88. The quantitative estimate of drug-likeness (QED) is 0.713. The maximum atomic E-state index is 11.9. The molecule has 0 fully saturated rings. The van der Waals surface area contributed by atoms with Crippen LogP contribution in [0, 0.1) is 0 Å². The SMILES string of the molecule is CON(C)C(=O)c1nc2ccccc2n1C. The van der Waals surface area contributed by atoms with E-state index in [1.165, 1.54) is 7.11 Å². The van der Waals surface area contributed by atoms with E-state index >= 15 is 0 Å². The van der Waals surface area contributed by atoms with Crippen LogP contribution in [0.3, 0.4) is 0 Å². The summed E-state index contributed by atoms with van der Waals surface area (Å²) in [5.41, 5.74) is 1.73. The summed E-state index contributed by atoms with van der Waals surface area (Å²) in [6, 6.07) is 7.60. The molecule has 0 N–H and O–H groups in total. The second-order valence-electron chi connectivity index (χ2n) is 3.47. The van der Waals surface area contributed by atoms with E-state index in [-0.39, 0.29) is 5.91 Å². The number of fused-ring (bicyclic) bond motifs is 1. The third-order valence-corrected chi connectivity index (χ3v) is 2.54. The highest BCUT2D eigenvalue weighted by molar-refractivity contribution is 5.94. The second kappa shape index (κ2) is 3.94. The molecule has 0 aliphatic carbocycles. The number of hydrogen-bond donors (Lipinski definition) is 0. The van der Waals surface area contributed by atoms with Crippen molar-refractivity contribution in [2.24, 2.45) is 7.05 Å². The van der Waals surface area contributed by atoms with Crippen molar-refractivity contribution in [3.8, 4) is 0 Å². The molecule has 0 spiro atoms. The Balaban J connectivity index is 2.53. The van der Waals surface area contributed by atoms with Crippen LogP contribution >= 0.6 is 0 Å². The summed E-state index contributed by atoms with van der Waals surface area (Å²) in [7, 11) is 4.81. The molecule has 1 aromatic carbocycles. The van der Waals surface area contributed by atoms with Crippen molar-refractivity contribution in [3.63, 3.8) is 0 Å². The number of rotatable bonds is 2. The number of aromatic nitrogens is 2. The molecule has 2 aromatic rings. The molecule has 0 unspecified atom stereocenters. The van der Waals surface area contributed by atoms with Crippen LogP contribution in [0.15, 0.2) is 24.3 Å². The highest BCUT2D eigenvalue weighted by Crippen LogP contribution is 2.15. The van der Waals surface area contributed by atoms with E-state index in [0.717, 1.165) is 16.1 Å². The van der Waals surface area contributed by atoms with Gasteiger partial charge >= 0.3 is 5.91 Å². The highest BCUT2D eigenvalue weighted by Gasteiger charge is 2.18. The number of benzene rings is 1. The molecular weight excluding hydrogens is 206 g/mol. The van der Waals surface area contributed by atoms with Crippen LogP contribution in [0.1, 0.15) is 10.6 Å². The van der Waals surface area contributed by atoms with Gasteiger partial charge in [-0.15, -0.1) is 0 Å². The lowest BCUT2D eigenvalue weighted by Gasteiger charge is -2.12. The summed E-state index contributed by atoms with van der Waals surface area (Å²) >= 11 is 0. The molecule has 0 saturated carbocycles. The maximum Gasteiger partial charge on any atom is 0.313 e. The first kappa shape index (κ1) is 10.6. The maximum absolute atomic E-state index is 11.9. The fourth-order valence-electron chi connectivity index (χ4n) is 1.56. The molecule has 16 heavy (non-hydrogen) atoms. The Bertz CT molecular complexity index is 533. The highest BCUT2D eigenvalue weighted by atomic mass is 16.7. The number of para-hydroxylation sites is 2. The summed E-state index contributed by atoms with van der Waals surface area (Å²) in [6.45, 7) is 0. The van der Waals surface area contributed by atoms with Crippen molar-refractivity contribution in [2.45, 2.75) is 0 Å². The normalized spacial score (nSPS) is 10.7. The summed E-state index contributed by atoms with van der Waals surface area (Å²) < 4.78 is 1.76. The smallest absolute Gasteiger partial charge is 0.313 e. The molecule has 0 bridgehead atoms. The van der Waals surface area contributed by atoms with E-state index in [0.29, 0.717) is 5.82 Å². The Kier molecular flexibility index (Phi) is 2.62. The van der Waals surface area contributed by atoms with Gasteiger partial charge < -0.3 is 4.57 Å². The van der Waals surface area contributed by atoms with Gasteiger partial charge in [0, 0.05) is 14.1 Å². The van der Waals surface area contributed by atoms with E-state index in [1.54, 1.807) is 11.6 Å². The number of carbonyl (C=O) groups excluding carboxylic acids is 1. The number of amides is 1. The van der Waals surface area contributed by atoms with Gasteiger partial charge in [-0.05, 0) is 12.1 Å². The van der Waals surface area contributed by atoms with Gasteiger partial charge in [-0.3, -0.25) is 9.63 Å². The zero-order valence-corrected chi connectivity index (χ0v) is 9.47. The van der Waals surface area contributed by atoms with Crippen LogP contribution in [0.2, 0.25) is 0 Å². The van der Waals surface area contributed by atoms with Crippen molar-refractivity contribution >= 4 is 16.9 Å². The van der Waals surface area contributed by atoms with Gasteiger partial charge in [0.05, 0.1) is 18.1 Å². The number of carbonyl (C=O) groups is 1. The van der Waals surface area contributed by atoms with Gasteiger partial charge in [0.2, 0.25) is 5.82 Å². The Labute approximate surface area is 93.2 Å². The van der Waals surface area contributed by atoms with Crippen LogP contribution in [0.5, 0.6) is 0 Å². The van der Waals surface area contributed by atoms with E-state index in [4.69, 9.17) is 4.84 Å². The van der Waals surface area contributed by atoms with Crippen molar-refractivity contribution in [1.29, 1.82) is 0 Å². The first-order valence-electron chi connectivity index (χ1n) is 4.88. The lowest BCUT2D eigenvalue weighted by Crippen LogP contribution is -2.27. The van der Waals surface area contributed by atoms with E-state index in [9.17, 15) is 4.79 Å². The van der Waals surface area contributed by atoms with Gasteiger partial charge in [-0.2, -0.15) is 0 Å². The number of aryl methyl sites for hydroxylation is 1. The Hall–Kier alpha value is -1.88. The summed E-state index contributed by atoms with van der Waals surface area (Å²) in [4.78, 5) is 21.0. The van der Waals surface area contributed by atoms with Crippen molar-refractivity contribution in [3.05, 3.63) is 30.1 Å². The number of hydrogen-bond acceptors (Lipinski definition) is 3. The van der Waals surface area contributed by atoms with E-state index in [2.05, 4.69) is 4.98 Å². The summed E-state index contributed by atoms with van der Waals surface area (Å²) in [5, 5.41) is 1.15. The third kappa shape index (κ3) is 1.55. The zero-order valence-electron chi connectivity index (χ0n) is 9.47. The summed E-state index contributed by atoms with van der Waals surface area (Å²) in [5.74, 6) is 0.103. The molecular formula is C11H13N3O2. The molecule has 1 amide bonds. The van der Waals surface area contributed by atoms with Crippen LogP contribution in [-0.4, -0.2) is 34.7 Å². The van der Waals surface area contributed by atoms with E-state index in [1.807, 2.05) is 31.3 Å². The fourth-order valence-corrected chi connectivity index (χ4v) is 1.56. The Morgan fingerprint density at radius 1 is 1.44 bits per heavy atom. The van der Waals surface area contributed by atoms with Gasteiger partial charge in [0.15, 0.2) is 0 Å². The molecule has 0 radical (unpaired) electrons. The fraction of sp³-hybridized carbons (Fsp3) is 0.273. The Morgan fingerprint density at radius 3 is 2.75 bits per heavy atom. The molecule has 0 aliphatic rings. The lowest BCUT2D eigenvalue weighted by molar-refractivity contribution is -0.0765. The standard InChI is InChI=1S/C11H13N3O2/c1-13-9-7-5-4-6-8(9)12-10(13)11(15)14(2)16-3/h4-7H,1-3H3. The molecule has 1 heterocycles. The van der Waals surface area contributed by atoms with Crippen LogP contribution in [0.4, 0.5) is 0 Å². The average Bonchev–Trinajstić information content (AvgIpc) is 2.65. The number of nitrogens with zero attached hydrogens (tertiary/aromatic N) is 3. The van der Waals surface area contributed by atoms with Crippen molar-refractivity contribution < 1.29 is 9.63 Å². The van der Waals surface area contributed by atoms with Crippen LogP contribution in [0.25, 0.3) is 11.0 Å². The number of hydroxylamine groups is 2. The van der Waals surface area contributed by atoms with Gasteiger partial charge in [-0.25, -0.2) is 10.0 Å². The van der Waals surface area contributed by atoms with Gasteiger partial charge in [-0.1, -0.05) is 12.1 Å². The minimum absolute atomic E-state index is 0.263. The average molecular weight is 219 g/mol. The largest absolute Gasteiger partial charge is 0.323 e. The summed E-state index contributed by atoms with van der Waals surface area (Å²) in [6.07, 6.45) is 0. The third-order valence-electron chi connectivity index (χ3n) is 2.54.